The third-order valence-electron chi connectivity index (χ3n) is 11.6. The van der Waals surface area contributed by atoms with Gasteiger partial charge in [-0.25, -0.2) is 0 Å². The molecule has 2 aromatic carbocycles. The van der Waals surface area contributed by atoms with Crippen molar-refractivity contribution in [1.29, 1.82) is 0 Å². The summed E-state index contributed by atoms with van der Waals surface area (Å²) in [5.41, 5.74) is 4.92. The molecule has 6 aliphatic rings. The van der Waals surface area contributed by atoms with Gasteiger partial charge in [0.25, 0.3) is 0 Å². The largest absolute Gasteiger partial charge is 4.00 e. The number of nitrogens with one attached hydrogen (secondary N) is 1. The zero-order valence-corrected chi connectivity index (χ0v) is 39.5. The van der Waals surface area contributed by atoms with Crippen molar-refractivity contribution in [3.8, 4) is 0 Å². The summed E-state index contributed by atoms with van der Waals surface area (Å²) in [6.45, 7) is 23.8. The van der Waals surface area contributed by atoms with Crippen LogP contribution in [0.3, 0.4) is 0 Å². The first-order valence-corrected chi connectivity index (χ1v) is 26.2. The van der Waals surface area contributed by atoms with E-state index >= 15 is 0 Å². The number of allylic oxidation sites excluding steroid dienone is 8. The molecule has 10 atom stereocenters. The van der Waals surface area contributed by atoms with Crippen molar-refractivity contribution in [2.75, 3.05) is 0 Å². The van der Waals surface area contributed by atoms with E-state index in [0.29, 0.717) is 46.3 Å². The SMILES string of the molecule is CC(C)(C)N[Si](C)(C)C1C2C=CC=CC2C2c3ccccc3SC21.CC(C)(C)[N-][Si](C)(C)C1C2C=CC=CC2C2c3ccccc3SC21.[CH3-].[CH3-].[CH3-].[Ti+4]. The summed E-state index contributed by atoms with van der Waals surface area (Å²) in [5.74, 6) is 4.05. The smallest absolute Gasteiger partial charge is 0.660 e. The molecule has 4 aliphatic carbocycles. The molecule has 0 saturated heterocycles. The minimum atomic E-state index is -1.72. The van der Waals surface area contributed by atoms with Crippen molar-refractivity contribution in [2.24, 2.45) is 23.7 Å². The van der Waals surface area contributed by atoms with Gasteiger partial charge < -0.3 is 32.2 Å². The molecule has 1 N–H and O–H groups in total. The number of rotatable bonds is 4. The monoisotopic (exact) mass is 802 g/mol. The number of benzene rings is 2. The Kier molecular flexibility index (Phi) is 14.6. The molecular formula is C45H66N2S2Si2Ti. The van der Waals surface area contributed by atoms with Crippen LogP contribution in [0.5, 0.6) is 0 Å². The van der Waals surface area contributed by atoms with Gasteiger partial charge in [-0.15, -0.1) is 29.1 Å². The van der Waals surface area contributed by atoms with E-state index in [1.54, 1.807) is 11.1 Å². The number of thioether (sulfide) groups is 2. The first kappa shape index (κ1) is 45.6. The Hall–Kier alpha value is -0.832. The van der Waals surface area contributed by atoms with Crippen molar-refractivity contribution in [3.63, 3.8) is 0 Å². The van der Waals surface area contributed by atoms with Crippen LogP contribution >= 0.6 is 23.5 Å². The molecule has 280 valence electrons. The van der Waals surface area contributed by atoms with Crippen LogP contribution in [0, 0.1) is 46.0 Å². The van der Waals surface area contributed by atoms with Crippen LogP contribution in [0.25, 0.3) is 4.98 Å². The summed E-state index contributed by atoms with van der Waals surface area (Å²) in [4.78, 5) is 12.5. The number of nitrogens with zero attached hydrogens (tertiary/aromatic N) is 1. The van der Waals surface area contributed by atoms with E-state index in [0.717, 1.165) is 10.8 Å². The molecule has 2 fully saturated rings. The molecule has 0 aromatic heterocycles. The van der Waals surface area contributed by atoms with Gasteiger partial charge in [-0.05, 0) is 78.8 Å². The molecule has 2 heterocycles. The van der Waals surface area contributed by atoms with Crippen molar-refractivity contribution >= 4 is 40.0 Å². The van der Waals surface area contributed by atoms with E-state index in [4.69, 9.17) is 4.98 Å². The standard InChI is InChI=1S/C21H29NSSi.C21H28NSSi.3CH3.Ti/c2*1-21(2,3)22-24(4,5)20-15-11-7-6-10-14(15)18-16-12-8-9-13-17(16)23-19(18)20;;;;/h6-15,18-20,22H,1-5H3;6-15,18-20H,1-5H3;3*1H3;/q;4*-1;+4. The fourth-order valence-corrected chi connectivity index (χ4v) is 25.1. The quantitative estimate of drug-likeness (QED) is 0.246. The Labute approximate surface area is 345 Å². The van der Waals surface area contributed by atoms with Crippen LogP contribution in [0.4, 0.5) is 0 Å². The average molecular weight is 803 g/mol. The van der Waals surface area contributed by atoms with E-state index in [-0.39, 0.29) is 55.1 Å². The van der Waals surface area contributed by atoms with Crippen LogP contribution in [-0.2, 0) is 21.7 Å². The van der Waals surface area contributed by atoms with Crippen LogP contribution in [0.15, 0.2) is 107 Å². The van der Waals surface area contributed by atoms with Crippen molar-refractivity contribution in [3.05, 3.63) is 136 Å². The Morgan fingerprint density at radius 3 is 1.38 bits per heavy atom. The molecule has 0 spiro atoms. The van der Waals surface area contributed by atoms with Gasteiger partial charge in [0.2, 0.25) is 0 Å². The van der Waals surface area contributed by atoms with E-state index in [9.17, 15) is 0 Å². The molecule has 2 aromatic rings. The van der Waals surface area contributed by atoms with Crippen LogP contribution in [0.1, 0.15) is 64.5 Å². The van der Waals surface area contributed by atoms with Gasteiger partial charge in [-0.1, -0.05) is 140 Å². The van der Waals surface area contributed by atoms with E-state index in [1.165, 1.54) is 9.79 Å². The zero-order valence-electron chi connectivity index (χ0n) is 34.3. The molecule has 10 unspecified atom stereocenters. The third kappa shape index (κ3) is 8.60. The summed E-state index contributed by atoms with van der Waals surface area (Å²) in [7, 11) is -3.31. The molecule has 0 radical (unpaired) electrons. The maximum absolute atomic E-state index is 5.41. The summed E-state index contributed by atoms with van der Waals surface area (Å²) < 4.78 is 0. The molecule has 7 heteroatoms. The summed E-state index contributed by atoms with van der Waals surface area (Å²) in [5, 5.41) is 1.42. The summed E-state index contributed by atoms with van der Waals surface area (Å²) in [6.07, 6.45) is 19.1. The predicted molar refractivity (Wildman–Crippen MR) is 236 cm³/mol. The first-order valence-electron chi connectivity index (χ1n) is 18.3. The van der Waals surface area contributed by atoms with Crippen molar-refractivity contribution in [1.82, 2.24) is 4.98 Å². The zero-order chi connectivity index (χ0) is 34.2. The number of fused-ring (bicyclic) bond motifs is 10. The average Bonchev–Trinajstić information content (AvgIpc) is 3.70. The maximum Gasteiger partial charge on any atom is 4.00 e. The van der Waals surface area contributed by atoms with Crippen LogP contribution in [0.2, 0.25) is 37.3 Å². The normalized spacial score (nSPS) is 31.5. The predicted octanol–water partition coefficient (Wildman–Crippen LogP) is 13.3. The van der Waals surface area contributed by atoms with Crippen LogP contribution < -0.4 is 4.98 Å². The Bertz CT molecular complexity index is 1530. The molecular weight excluding hydrogens is 737 g/mol. The van der Waals surface area contributed by atoms with Gasteiger partial charge >= 0.3 is 21.7 Å². The second-order valence-corrected chi connectivity index (χ2v) is 29.2. The molecule has 8 rings (SSSR count). The van der Waals surface area contributed by atoms with Crippen molar-refractivity contribution < 1.29 is 21.7 Å². The minimum absolute atomic E-state index is 0. The fourth-order valence-electron chi connectivity index (χ4n) is 10.9. The van der Waals surface area contributed by atoms with E-state index in [1.807, 2.05) is 0 Å². The number of hydrogen-bond donors (Lipinski definition) is 1. The molecule has 2 aliphatic heterocycles. The van der Waals surface area contributed by atoms with Gasteiger partial charge in [0.1, 0.15) is 8.24 Å². The van der Waals surface area contributed by atoms with Gasteiger partial charge in [-0.2, -0.15) is 0 Å². The molecule has 52 heavy (non-hydrogen) atoms. The second kappa shape index (κ2) is 16.7. The molecule has 2 saturated carbocycles. The molecule has 2 nitrogen and oxygen atoms in total. The number of hydrogen-bond acceptors (Lipinski definition) is 3. The summed E-state index contributed by atoms with van der Waals surface area (Å²) in [6, 6.07) is 18.2. The Morgan fingerprint density at radius 1 is 0.577 bits per heavy atom. The van der Waals surface area contributed by atoms with Gasteiger partial charge in [0.05, 0.1) is 0 Å². The minimum Gasteiger partial charge on any atom is -0.660 e. The summed E-state index contributed by atoms with van der Waals surface area (Å²) >= 11 is 4.30. The van der Waals surface area contributed by atoms with Crippen LogP contribution in [-0.4, -0.2) is 38.0 Å². The fraction of sp³-hybridized carbons (Fsp3) is 0.489. The third-order valence-corrected chi connectivity index (χ3v) is 22.5. The van der Waals surface area contributed by atoms with Gasteiger partial charge in [0, 0.05) is 37.7 Å². The van der Waals surface area contributed by atoms with E-state index < -0.39 is 16.5 Å². The second-order valence-electron chi connectivity index (χ2n) is 18.2. The van der Waals surface area contributed by atoms with Crippen molar-refractivity contribution in [2.45, 2.75) is 122 Å². The molecule has 0 bridgehead atoms. The van der Waals surface area contributed by atoms with Gasteiger partial charge in [-0.3, -0.25) is 0 Å². The first-order chi connectivity index (χ1) is 22.6. The maximum atomic E-state index is 5.41. The Morgan fingerprint density at radius 2 is 0.962 bits per heavy atom. The molecule has 0 amide bonds. The topological polar surface area (TPSA) is 26.1 Å². The van der Waals surface area contributed by atoms with E-state index in [2.05, 4.69) is 193 Å². The Balaban J connectivity index is 0.000000260. The van der Waals surface area contributed by atoms with Gasteiger partial charge in [0.15, 0.2) is 0 Å².